The molecule has 31 heavy (non-hydrogen) atoms. The molecule has 4 aliphatic rings. The highest BCUT2D eigenvalue weighted by atomic mass is 16.6. The van der Waals surface area contributed by atoms with Crippen LogP contribution >= 0.6 is 0 Å². The number of aromatic amines is 1. The van der Waals surface area contributed by atoms with E-state index in [0.717, 1.165) is 37.1 Å². The number of amides is 2. The highest BCUT2D eigenvalue weighted by Gasteiger charge is 2.45. The fourth-order valence-corrected chi connectivity index (χ4v) is 5.81. The summed E-state index contributed by atoms with van der Waals surface area (Å²) in [5.74, 6) is 2.42. The van der Waals surface area contributed by atoms with Crippen molar-refractivity contribution in [3.63, 3.8) is 0 Å². The summed E-state index contributed by atoms with van der Waals surface area (Å²) in [6.45, 7) is 3.24. The Hall–Kier alpha value is -3.03. The lowest BCUT2D eigenvalue weighted by Crippen LogP contribution is -2.61. The number of carbonyl (C=O) groups excluding carboxylic acids is 2. The lowest BCUT2D eigenvalue weighted by atomic mass is 9.76. The van der Waals surface area contributed by atoms with Crippen molar-refractivity contribution in [3.8, 4) is 22.8 Å². The molecule has 6 rings (SSSR count). The van der Waals surface area contributed by atoms with Crippen LogP contribution in [0.25, 0.3) is 11.3 Å². The van der Waals surface area contributed by atoms with Crippen molar-refractivity contribution in [2.24, 2.45) is 11.8 Å². The highest BCUT2D eigenvalue weighted by molar-refractivity contribution is 6.00. The number of ether oxygens (including phenoxy) is 2. The van der Waals surface area contributed by atoms with Gasteiger partial charge in [-0.3, -0.25) is 14.7 Å². The molecule has 1 N–H and O–H groups in total. The zero-order chi connectivity index (χ0) is 20.9. The fraction of sp³-hybridized carbons (Fsp3) is 0.522. The second-order valence-corrected chi connectivity index (χ2v) is 9.09. The third-order valence-electron chi connectivity index (χ3n) is 7.17. The van der Waals surface area contributed by atoms with Crippen molar-refractivity contribution in [1.82, 2.24) is 20.0 Å². The topological polar surface area (TPSA) is 87.8 Å². The average Bonchev–Trinajstić information content (AvgIpc) is 3.29. The smallest absolute Gasteiger partial charge is 0.257 e. The van der Waals surface area contributed by atoms with Crippen LogP contribution in [-0.2, 0) is 4.79 Å². The molecule has 162 valence electrons. The molecule has 3 fully saturated rings. The Morgan fingerprint density at radius 1 is 1.13 bits per heavy atom. The molecule has 0 saturated carbocycles. The van der Waals surface area contributed by atoms with Gasteiger partial charge in [0.2, 0.25) is 5.91 Å². The average molecular weight is 422 g/mol. The van der Waals surface area contributed by atoms with E-state index < -0.39 is 0 Å². The summed E-state index contributed by atoms with van der Waals surface area (Å²) >= 11 is 0. The number of H-pyrrole nitrogens is 1. The molecule has 0 spiro atoms. The molecule has 3 atom stereocenters. The zero-order valence-corrected chi connectivity index (χ0v) is 17.4. The number of hydrogen-bond donors (Lipinski definition) is 1. The van der Waals surface area contributed by atoms with Crippen molar-refractivity contribution in [1.29, 1.82) is 0 Å². The van der Waals surface area contributed by atoms with Crippen LogP contribution in [0.2, 0.25) is 0 Å². The van der Waals surface area contributed by atoms with Gasteiger partial charge in [-0.25, -0.2) is 0 Å². The summed E-state index contributed by atoms with van der Waals surface area (Å²) in [4.78, 5) is 30.0. The van der Waals surface area contributed by atoms with Gasteiger partial charge in [0, 0.05) is 37.7 Å². The van der Waals surface area contributed by atoms with Gasteiger partial charge in [-0.2, -0.15) is 5.10 Å². The van der Waals surface area contributed by atoms with E-state index in [-0.39, 0.29) is 11.9 Å². The Balaban J connectivity index is 1.25. The normalized spacial score (nSPS) is 27.1. The molecule has 2 aromatic rings. The molecular weight excluding hydrogens is 396 g/mol. The summed E-state index contributed by atoms with van der Waals surface area (Å²) in [6, 6.07) is 5.98. The third-order valence-corrected chi connectivity index (χ3v) is 7.17. The maximum absolute atomic E-state index is 13.5. The number of aromatic nitrogens is 2. The van der Waals surface area contributed by atoms with E-state index in [2.05, 4.69) is 15.1 Å². The van der Waals surface area contributed by atoms with E-state index in [1.54, 1.807) is 6.20 Å². The number of carbonyl (C=O) groups is 2. The van der Waals surface area contributed by atoms with Gasteiger partial charge in [-0.05, 0) is 49.3 Å². The summed E-state index contributed by atoms with van der Waals surface area (Å²) in [6.07, 6.45) is 5.42. The van der Waals surface area contributed by atoms with Crippen molar-refractivity contribution < 1.29 is 19.1 Å². The molecule has 2 amide bonds. The van der Waals surface area contributed by atoms with Gasteiger partial charge < -0.3 is 19.3 Å². The van der Waals surface area contributed by atoms with Crippen LogP contribution in [0.3, 0.4) is 0 Å². The number of likely N-dealkylation sites (tertiary alicyclic amines) is 1. The first kappa shape index (κ1) is 18.7. The number of rotatable bonds is 2. The largest absolute Gasteiger partial charge is 0.486 e. The van der Waals surface area contributed by atoms with E-state index in [9.17, 15) is 9.59 Å². The van der Waals surface area contributed by atoms with Crippen molar-refractivity contribution in [3.05, 3.63) is 30.0 Å². The van der Waals surface area contributed by atoms with Crippen LogP contribution in [0.5, 0.6) is 11.5 Å². The second-order valence-electron chi connectivity index (χ2n) is 9.09. The summed E-state index contributed by atoms with van der Waals surface area (Å²) in [5.41, 5.74) is 2.13. The summed E-state index contributed by atoms with van der Waals surface area (Å²) < 4.78 is 11.3. The summed E-state index contributed by atoms with van der Waals surface area (Å²) in [7, 11) is 0. The van der Waals surface area contributed by atoms with Crippen molar-refractivity contribution >= 4 is 11.8 Å². The maximum atomic E-state index is 13.5. The number of piperidine rings is 3. The molecule has 1 unspecified atom stereocenters. The van der Waals surface area contributed by atoms with Gasteiger partial charge >= 0.3 is 0 Å². The highest BCUT2D eigenvalue weighted by Crippen LogP contribution is 2.39. The number of fused-ring (bicyclic) bond motifs is 5. The molecule has 8 heteroatoms. The number of hydrogen-bond acceptors (Lipinski definition) is 5. The molecule has 4 aliphatic heterocycles. The molecule has 1 aromatic heterocycles. The van der Waals surface area contributed by atoms with Crippen LogP contribution in [0.1, 0.15) is 36.0 Å². The van der Waals surface area contributed by atoms with E-state index in [0.29, 0.717) is 67.5 Å². The Morgan fingerprint density at radius 2 is 2.00 bits per heavy atom. The van der Waals surface area contributed by atoms with Gasteiger partial charge in [0.25, 0.3) is 5.91 Å². The molecular formula is C23H26N4O4. The Morgan fingerprint density at radius 3 is 2.90 bits per heavy atom. The lowest BCUT2D eigenvalue weighted by molar-refractivity contribution is -0.144. The standard InChI is InChI=1S/C23H26N4O4/c28-21-3-1-2-18-16-8-14(12-27(18)21)11-26(13-16)23(29)17-10-24-25-22(17)15-4-5-19-20(9-15)31-7-6-30-19/h4-5,9-10,14,16,18H,1-3,6-8,11-13H2,(H,24,25)/t14-,16+,18?/m1/s1. The van der Waals surface area contributed by atoms with Gasteiger partial charge in [0.15, 0.2) is 11.5 Å². The predicted molar refractivity (Wildman–Crippen MR) is 112 cm³/mol. The monoisotopic (exact) mass is 422 g/mol. The third kappa shape index (κ3) is 3.16. The fourth-order valence-electron chi connectivity index (χ4n) is 5.81. The minimum atomic E-state index is 0.00363. The van der Waals surface area contributed by atoms with Crippen molar-refractivity contribution in [2.45, 2.75) is 31.7 Å². The van der Waals surface area contributed by atoms with Crippen molar-refractivity contribution in [2.75, 3.05) is 32.8 Å². The first-order valence-corrected chi connectivity index (χ1v) is 11.2. The first-order valence-electron chi connectivity index (χ1n) is 11.2. The Bertz CT molecular complexity index is 1030. The van der Waals surface area contributed by atoms with Crippen LogP contribution in [0.15, 0.2) is 24.4 Å². The van der Waals surface area contributed by atoms with Crippen LogP contribution < -0.4 is 9.47 Å². The molecule has 5 heterocycles. The minimum Gasteiger partial charge on any atom is -0.486 e. The molecule has 0 aliphatic carbocycles. The Labute approximate surface area is 180 Å². The molecule has 0 radical (unpaired) electrons. The van der Waals surface area contributed by atoms with E-state index in [4.69, 9.17) is 9.47 Å². The zero-order valence-electron chi connectivity index (χ0n) is 17.4. The van der Waals surface area contributed by atoms with Gasteiger partial charge in [0.05, 0.1) is 17.5 Å². The van der Waals surface area contributed by atoms with Crippen LogP contribution in [0.4, 0.5) is 0 Å². The van der Waals surface area contributed by atoms with Crippen LogP contribution in [-0.4, -0.2) is 70.7 Å². The van der Waals surface area contributed by atoms with E-state index >= 15 is 0 Å². The van der Waals surface area contributed by atoms with Crippen LogP contribution in [0, 0.1) is 11.8 Å². The number of benzene rings is 1. The SMILES string of the molecule is O=C(c1cn[nH]c1-c1ccc2c(c1)OCCO2)N1C[C@H]2C[C@@H](C1)C1CCCC(=O)N1C2. The summed E-state index contributed by atoms with van der Waals surface area (Å²) in [5, 5.41) is 7.18. The minimum absolute atomic E-state index is 0.00363. The predicted octanol–water partition coefficient (Wildman–Crippen LogP) is 2.32. The number of nitrogens with zero attached hydrogens (tertiary/aromatic N) is 3. The van der Waals surface area contributed by atoms with E-state index in [1.807, 2.05) is 23.1 Å². The molecule has 2 bridgehead atoms. The van der Waals surface area contributed by atoms with Gasteiger partial charge in [-0.1, -0.05) is 0 Å². The maximum Gasteiger partial charge on any atom is 0.257 e. The number of nitrogens with one attached hydrogen (secondary N) is 1. The van der Waals surface area contributed by atoms with Gasteiger partial charge in [0.1, 0.15) is 13.2 Å². The molecule has 8 nitrogen and oxygen atoms in total. The second kappa shape index (κ2) is 7.28. The first-order chi connectivity index (χ1) is 15.2. The molecule has 1 aromatic carbocycles. The van der Waals surface area contributed by atoms with E-state index in [1.165, 1.54) is 0 Å². The quantitative estimate of drug-likeness (QED) is 0.803. The van der Waals surface area contributed by atoms with Gasteiger partial charge in [-0.15, -0.1) is 0 Å². The Kier molecular flexibility index (Phi) is 4.40. The molecule has 3 saturated heterocycles. The lowest BCUT2D eigenvalue weighted by Gasteiger charge is -2.52.